The minimum atomic E-state index is 0.222. The Labute approximate surface area is 124 Å². The minimum absolute atomic E-state index is 0.222. The maximum atomic E-state index is 6.25. The summed E-state index contributed by atoms with van der Waals surface area (Å²) in [6, 6.07) is 8.90. The molecule has 1 N–H and O–H groups in total. The summed E-state index contributed by atoms with van der Waals surface area (Å²) in [5.74, 6) is 1.55. The van der Waals surface area contributed by atoms with Gasteiger partial charge in [-0.2, -0.15) is 0 Å². The molecule has 0 bridgehead atoms. The van der Waals surface area contributed by atoms with E-state index in [9.17, 15) is 0 Å². The zero-order valence-corrected chi connectivity index (χ0v) is 12.5. The van der Waals surface area contributed by atoms with Crippen molar-refractivity contribution in [1.82, 2.24) is 20.1 Å². The molecule has 106 valence electrons. The summed E-state index contributed by atoms with van der Waals surface area (Å²) in [6.07, 6.45) is 4.00. The summed E-state index contributed by atoms with van der Waals surface area (Å²) in [6.45, 7) is 2.13. The Hall–Kier alpha value is -1.39. The van der Waals surface area contributed by atoms with Crippen LogP contribution in [0.15, 0.2) is 30.6 Å². The number of aryl methyl sites for hydroxylation is 1. The van der Waals surface area contributed by atoms with Crippen LogP contribution in [0.2, 0.25) is 5.02 Å². The molecule has 0 radical (unpaired) electrons. The maximum Gasteiger partial charge on any atom is 0.149 e. The quantitative estimate of drug-likeness (QED) is 0.941. The molecular weight excluding hydrogens is 272 g/mol. The molecule has 1 fully saturated rings. The van der Waals surface area contributed by atoms with Crippen LogP contribution in [0, 0.1) is 0 Å². The highest BCUT2D eigenvalue weighted by molar-refractivity contribution is 6.31. The predicted molar refractivity (Wildman–Crippen MR) is 79.8 cm³/mol. The number of rotatable bonds is 4. The first-order valence-electron chi connectivity index (χ1n) is 6.99. The van der Waals surface area contributed by atoms with Crippen LogP contribution in [-0.2, 0) is 7.05 Å². The average molecular weight is 291 g/mol. The largest absolute Gasteiger partial charge is 0.319 e. The summed E-state index contributed by atoms with van der Waals surface area (Å²) in [4.78, 5) is 0. The number of nitrogens with one attached hydrogen (secondary N) is 1. The fraction of sp³-hybridized carbons (Fsp3) is 0.467. The molecule has 3 rings (SSSR count). The third kappa shape index (κ3) is 2.58. The van der Waals surface area contributed by atoms with Crippen LogP contribution in [0.5, 0.6) is 0 Å². The van der Waals surface area contributed by atoms with E-state index in [4.69, 9.17) is 11.6 Å². The number of hydrogen-bond acceptors (Lipinski definition) is 3. The van der Waals surface area contributed by atoms with Gasteiger partial charge in [0.15, 0.2) is 0 Å². The molecule has 1 aromatic carbocycles. The first kappa shape index (κ1) is 13.6. The second-order valence-electron chi connectivity index (χ2n) is 5.58. The van der Waals surface area contributed by atoms with Crippen molar-refractivity contribution < 1.29 is 0 Å². The molecule has 1 aromatic heterocycles. The van der Waals surface area contributed by atoms with Gasteiger partial charge >= 0.3 is 0 Å². The first-order valence-corrected chi connectivity index (χ1v) is 7.37. The lowest BCUT2D eigenvalue weighted by Crippen LogP contribution is -2.41. The summed E-state index contributed by atoms with van der Waals surface area (Å²) < 4.78 is 1.96. The van der Waals surface area contributed by atoms with E-state index in [0.29, 0.717) is 12.0 Å². The number of aromatic nitrogens is 3. The Morgan fingerprint density at radius 1 is 1.35 bits per heavy atom. The highest BCUT2D eigenvalue weighted by Gasteiger charge is 2.32. The SMILES string of the molecule is CC(NC1CC(c2ccccc2Cl)C1)c1nncn1C. The van der Waals surface area contributed by atoms with Gasteiger partial charge in [0.1, 0.15) is 12.2 Å². The van der Waals surface area contributed by atoms with Gasteiger partial charge in [-0.15, -0.1) is 10.2 Å². The van der Waals surface area contributed by atoms with Gasteiger partial charge in [0.25, 0.3) is 0 Å². The molecule has 1 atom stereocenters. The molecule has 0 spiro atoms. The minimum Gasteiger partial charge on any atom is -0.319 e. The van der Waals surface area contributed by atoms with Gasteiger partial charge in [-0.1, -0.05) is 29.8 Å². The smallest absolute Gasteiger partial charge is 0.149 e. The number of benzene rings is 1. The van der Waals surface area contributed by atoms with Gasteiger partial charge in [-0.25, -0.2) is 0 Å². The molecule has 1 heterocycles. The van der Waals surface area contributed by atoms with E-state index >= 15 is 0 Å². The van der Waals surface area contributed by atoms with Crippen LogP contribution in [0.3, 0.4) is 0 Å². The van der Waals surface area contributed by atoms with Crippen molar-refractivity contribution in [3.05, 3.63) is 47.0 Å². The van der Waals surface area contributed by atoms with Crippen LogP contribution < -0.4 is 5.32 Å². The normalized spacial score (nSPS) is 23.4. The third-order valence-electron chi connectivity index (χ3n) is 4.10. The summed E-state index contributed by atoms with van der Waals surface area (Å²) in [5.41, 5.74) is 1.28. The van der Waals surface area contributed by atoms with Gasteiger partial charge in [0.2, 0.25) is 0 Å². The standard InChI is InChI=1S/C15H19ClN4/c1-10(15-19-17-9-20(15)2)18-12-7-11(8-12)13-5-3-4-6-14(13)16/h3-6,9-12,18H,7-8H2,1-2H3. The molecule has 1 saturated carbocycles. The Kier molecular flexibility index (Phi) is 3.76. The second-order valence-corrected chi connectivity index (χ2v) is 5.98. The Morgan fingerprint density at radius 3 is 2.75 bits per heavy atom. The van der Waals surface area contributed by atoms with E-state index in [0.717, 1.165) is 23.7 Å². The third-order valence-corrected chi connectivity index (χ3v) is 4.45. The van der Waals surface area contributed by atoms with Crippen LogP contribution in [-0.4, -0.2) is 20.8 Å². The lowest BCUT2D eigenvalue weighted by atomic mass is 9.75. The van der Waals surface area contributed by atoms with E-state index in [1.54, 1.807) is 6.33 Å². The van der Waals surface area contributed by atoms with Crippen LogP contribution >= 0.6 is 11.6 Å². The number of halogens is 1. The lowest BCUT2D eigenvalue weighted by molar-refractivity contribution is 0.266. The van der Waals surface area contributed by atoms with Gasteiger partial charge < -0.3 is 9.88 Å². The van der Waals surface area contributed by atoms with Crippen LogP contribution in [0.1, 0.15) is 43.1 Å². The van der Waals surface area contributed by atoms with Crippen molar-refractivity contribution in [2.75, 3.05) is 0 Å². The van der Waals surface area contributed by atoms with Crippen LogP contribution in [0.25, 0.3) is 0 Å². The zero-order chi connectivity index (χ0) is 14.1. The second kappa shape index (κ2) is 5.54. The number of nitrogens with zero attached hydrogens (tertiary/aromatic N) is 3. The molecular formula is C15H19ClN4. The van der Waals surface area contributed by atoms with E-state index in [1.807, 2.05) is 23.7 Å². The summed E-state index contributed by atoms with van der Waals surface area (Å²) >= 11 is 6.25. The van der Waals surface area contributed by atoms with E-state index in [1.165, 1.54) is 5.56 Å². The lowest BCUT2D eigenvalue weighted by Gasteiger charge is -2.38. The van der Waals surface area contributed by atoms with Gasteiger partial charge in [-0.3, -0.25) is 0 Å². The van der Waals surface area contributed by atoms with Crippen molar-refractivity contribution in [1.29, 1.82) is 0 Å². The van der Waals surface area contributed by atoms with E-state index < -0.39 is 0 Å². The van der Waals surface area contributed by atoms with Crippen molar-refractivity contribution in [2.45, 2.75) is 37.8 Å². The Balaban J connectivity index is 1.56. The molecule has 4 nitrogen and oxygen atoms in total. The molecule has 1 unspecified atom stereocenters. The van der Waals surface area contributed by atoms with Crippen molar-refractivity contribution in [3.8, 4) is 0 Å². The molecule has 0 saturated heterocycles. The van der Waals surface area contributed by atoms with E-state index in [2.05, 4.69) is 34.6 Å². The maximum absolute atomic E-state index is 6.25. The first-order chi connectivity index (χ1) is 9.65. The molecule has 0 aliphatic heterocycles. The summed E-state index contributed by atoms with van der Waals surface area (Å²) in [5, 5.41) is 12.6. The topological polar surface area (TPSA) is 42.7 Å². The molecule has 20 heavy (non-hydrogen) atoms. The highest BCUT2D eigenvalue weighted by atomic mass is 35.5. The molecule has 2 aromatic rings. The molecule has 1 aliphatic carbocycles. The fourth-order valence-electron chi connectivity index (χ4n) is 2.93. The van der Waals surface area contributed by atoms with Gasteiger partial charge in [0, 0.05) is 18.1 Å². The van der Waals surface area contributed by atoms with Crippen molar-refractivity contribution >= 4 is 11.6 Å². The summed E-state index contributed by atoms with van der Waals surface area (Å²) in [7, 11) is 1.97. The van der Waals surface area contributed by atoms with E-state index in [-0.39, 0.29) is 6.04 Å². The Morgan fingerprint density at radius 2 is 2.10 bits per heavy atom. The monoisotopic (exact) mass is 290 g/mol. The highest BCUT2D eigenvalue weighted by Crippen LogP contribution is 2.40. The Bertz CT molecular complexity index is 589. The molecule has 5 heteroatoms. The van der Waals surface area contributed by atoms with Gasteiger partial charge in [-0.05, 0) is 37.3 Å². The predicted octanol–water partition coefficient (Wildman–Crippen LogP) is 3.07. The van der Waals surface area contributed by atoms with Crippen molar-refractivity contribution in [2.24, 2.45) is 7.05 Å². The number of hydrogen-bond donors (Lipinski definition) is 1. The van der Waals surface area contributed by atoms with Gasteiger partial charge in [0.05, 0.1) is 6.04 Å². The fourth-order valence-corrected chi connectivity index (χ4v) is 3.22. The average Bonchev–Trinajstić information content (AvgIpc) is 2.81. The van der Waals surface area contributed by atoms with Crippen LogP contribution in [0.4, 0.5) is 0 Å². The molecule has 0 amide bonds. The van der Waals surface area contributed by atoms with Crippen molar-refractivity contribution in [3.63, 3.8) is 0 Å². The zero-order valence-electron chi connectivity index (χ0n) is 11.8. The molecule has 1 aliphatic rings.